The molecule has 26 heavy (non-hydrogen) atoms. The van der Waals surface area contributed by atoms with Gasteiger partial charge in [-0.1, -0.05) is 11.3 Å². The quantitative estimate of drug-likeness (QED) is 0.635. The van der Waals surface area contributed by atoms with Crippen molar-refractivity contribution in [2.24, 2.45) is 0 Å². The topological polar surface area (TPSA) is 103 Å². The van der Waals surface area contributed by atoms with E-state index in [1.54, 1.807) is 26.2 Å². The Balaban J connectivity index is 1.97. The van der Waals surface area contributed by atoms with Crippen molar-refractivity contribution >= 4 is 55.8 Å². The number of hydrogen-bond acceptors (Lipinski definition) is 10. The summed E-state index contributed by atoms with van der Waals surface area (Å²) < 4.78 is 10.1. The molecule has 0 bridgehead atoms. The number of anilines is 2. The van der Waals surface area contributed by atoms with Crippen molar-refractivity contribution < 1.29 is 19.1 Å². The second kappa shape index (κ2) is 7.75. The zero-order valence-electron chi connectivity index (χ0n) is 14.4. The first-order valence-electron chi connectivity index (χ1n) is 7.86. The van der Waals surface area contributed by atoms with Crippen molar-refractivity contribution in [1.29, 1.82) is 0 Å². The van der Waals surface area contributed by atoms with Gasteiger partial charge in [0.05, 0.1) is 29.9 Å². The minimum atomic E-state index is -0.431. The van der Waals surface area contributed by atoms with Gasteiger partial charge in [0.15, 0.2) is 5.13 Å². The molecule has 0 spiro atoms. The van der Waals surface area contributed by atoms with Crippen LogP contribution in [0.2, 0.25) is 0 Å². The van der Waals surface area contributed by atoms with Gasteiger partial charge in [0.25, 0.3) is 0 Å². The van der Waals surface area contributed by atoms with Crippen molar-refractivity contribution in [2.75, 3.05) is 18.5 Å². The third-order valence-corrected chi connectivity index (χ3v) is 5.29. The van der Waals surface area contributed by atoms with Crippen LogP contribution in [0.5, 0.6) is 0 Å². The van der Waals surface area contributed by atoms with Crippen LogP contribution in [0.15, 0.2) is 11.7 Å². The molecule has 3 heterocycles. The van der Waals surface area contributed by atoms with Gasteiger partial charge < -0.3 is 14.8 Å². The number of ether oxygens (including phenoxy) is 2. The zero-order valence-corrected chi connectivity index (χ0v) is 16.0. The molecule has 1 N–H and O–H groups in total. The molecule has 0 saturated carbocycles. The molecule has 136 valence electrons. The van der Waals surface area contributed by atoms with Crippen LogP contribution in [-0.2, 0) is 9.47 Å². The zero-order chi connectivity index (χ0) is 18.7. The first-order valence-corrected chi connectivity index (χ1v) is 9.55. The Hall–Kier alpha value is -2.59. The van der Waals surface area contributed by atoms with E-state index >= 15 is 0 Å². The standard InChI is InChI=1S/C16H16N4O4S2/c1-4-23-14(21)9-6-25-13-10(9)12(17-7-18-13)20-16-19-8(3)11(26-16)15(22)24-5-2/h6-7H,4-5H2,1-3H3,(H,17,18,19,20). The number of thiazole rings is 1. The number of thiophene rings is 1. The van der Waals surface area contributed by atoms with Crippen LogP contribution in [0.4, 0.5) is 10.9 Å². The number of aromatic nitrogens is 3. The van der Waals surface area contributed by atoms with E-state index in [4.69, 9.17) is 9.47 Å². The summed E-state index contributed by atoms with van der Waals surface area (Å²) in [4.78, 5) is 38.0. The summed E-state index contributed by atoms with van der Waals surface area (Å²) in [6.07, 6.45) is 1.41. The van der Waals surface area contributed by atoms with Crippen molar-refractivity contribution in [3.8, 4) is 0 Å². The van der Waals surface area contributed by atoms with Gasteiger partial charge in [0.1, 0.15) is 21.9 Å². The summed E-state index contributed by atoms with van der Waals surface area (Å²) in [5.74, 6) is -0.409. The highest BCUT2D eigenvalue weighted by Gasteiger charge is 2.21. The Morgan fingerprint density at radius 1 is 1.15 bits per heavy atom. The summed E-state index contributed by atoms with van der Waals surface area (Å²) in [6.45, 7) is 5.80. The highest BCUT2D eigenvalue weighted by atomic mass is 32.1. The van der Waals surface area contributed by atoms with E-state index in [1.165, 1.54) is 29.0 Å². The Labute approximate surface area is 157 Å². The van der Waals surface area contributed by atoms with Crippen LogP contribution in [0.3, 0.4) is 0 Å². The molecule has 0 saturated heterocycles. The van der Waals surface area contributed by atoms with Gasteiger partial charge in [-0.15, -0.1) is 11.3 Å². The molecule has 0 aromatic carbocycles. The van der Waals surface area contributed by atoms with E-state index in [9.17, 15) is 9.59 Å². The van der Waals surface area contributed by atoms with Gasteiger partial charge in [-0.2, -0.15) is 0 Å². The van der Waals surface area contributed by atoms with Gasteiger partial charge >= 0.3 is 11.9 Å². The van der Waals surface area contributed by atoms with Crippen LogP contribution < -0.4 is 5.32 Å². The second-order valence-corrected chi connectivity index (χ2v) is 6.91. The fourth-order valence-corrected chi connectivity index (χ4v) is 4.00. The monoisotopic (exact) mass is 392 g/mol. The fraction of sp³-hybridized carbons (Fsp3) is 0.312. The number of carbonyl (C=O) groups is 2. The predicted octanol–water partition coefficient (Wildman–Crippen LogP) is 3.55. The highest BCUT2D eigenvalue weighted by molar-refractivity contribution is 7.18. The number of fused-ring (bicyclic) bond motifs is 1. The molecule has 0 aliphatic rings. The summed E-state index contributed by atoms with van der Waals surface area (Å²) in [5, 5.41) is 5.82. The maximum absolute atomic E-state index is 12.2. The molecule has 0 radical (unpaired) electrons. The molecule has 0 unspecified atom stereocenters. The third kappa shape index (κ3) is 3.51. The number of carbonyl (C=O) groups excluding carboxylic acids is 2. The van der Waals surface area contributed by atoms with E-state index in [2.05, 4.69) is 20.3 Å². The van der Waals surface area contributed by atoms with Crippen LogP contribution in [-0.4, -0.2) is 40.1 Å². The number of rotatable bonds is 6. The number of aryl methyl sites for hydroxylation is 1. The lowest BCUT2D eigenvalue weighted by atomic mass is 10.2. The summed E-state index contributed by atoms with van der Waals surface area (Å²) in [5.41, 5.74) is 0.964. The number of nitrogens with zero attached hydrogens (tertiary/aromatic N) is 3. The van der Waals surface area contributed by atoms with Gasteiger partial charge in [-0.3, -0.25) is 0 Å². The van der Waals surface area contributed by atoms with Crippen molar-refractivity contribution in [3.05, 3.63) is 27.8 Å². The number of esters is 2. The molecule has 3 aromatic heterocycles. The van der Waals surface area contributed by atoms with Crippen LogP contribution in [0.1, 0.15) is 39.6 Å². The van der Waals surface area contributed by atoms with E-state index in [-0.39, 0.29) is 6.61 Å². The van der Waals surface area contributed by atoms with Gasteiger partial charge in [-0.25, -0.2) is 24.5 Å². The Kier molecular flexibility index (Phi) is 5.43. The van der Waals surface area contributed by atoms with E-state index < -0.39 is 11.9 Å². The van der Waals surface area contributed by atoms with Crippen LogP contribution in [0.25, 0.3) is 10.2 Å². The third-order valence-electron chi connectivity index (χ3n) is 3.35. The lowest BCUT2D eigenvalue weighted by Crippen LogP contribution is -2.05. The van der Waals surface area contributed by atoms with Crippen molar-refractivity contribution in [3.63, 3.8) is 0 Å². The second-order valence-electron chi connectivity index (χ2n) is 5.05. The fourth-order valence-electron chi connectivity index (χ4n) is 2.27. The highest BCUT2D eigenvalue weighted by Crippen LogP contribution is 2.33. The lowest BCUT2D eigenvalue weighted by Gasteiger charge is -2.05. The van der Waals surface area contributed by atoms with Gasteiger partial charge in [0.2, 0.25) is 0 Å². The maximum atomic E-state index is 12.2. The van der Waals surface area contributed by atoms with Crippen molar-refractivity contribution in [2.45, 2.75) is 20.8 Å². The van der Waals surface area contributed by atoms with Crippen LogP contribution in [0, 0.1) is 6.92 Å². The molecule has 3 aromatic rings. The molecule has 0 fully saturated rings. The molecular formula is C16H16N4O4S2. The molecule has 10 heteroatoms. The smallest absolute Gasteiger partial charge is 0.350 e. The number of hydrogen-bond donors (Lipinski definition) is 1. The maximum Gasteiger partial charge on any atom is 0.350 e. The molecular weight excluding hydrogens is 376 g/mol. The van der Waals surface area contributed by atoms with E-state index in [0.29, 0.717) is 43.9 Å². The Morgan fingerprint density at radius 3 is 2.62 bits per heavy atom. The van der Waals surface area contributed by atoms with E-state index in [0.717, 1.165) is 0 Å². The Morgan fingerprint density at radius 2 is 1.88 bits per heavy atom. The molecule has 0 aliphatic carbocycles. The molecule has 3 rings (SSSR count). The number of nitrogens with one attached hydrogen (secondary N) is 1. The molecule has 0 amide bonds. The first-order chi connectivity index (χ1) is 12.5. The minimum Gasteiger partial charge on any atom is -0.462 e. The molecule has 8 nitrogen and oxygen atoms in total. The van der Waals surface area contributed by atoms with Gasteiger partial charge in [0, 0.05) is 5.38 Å². The summed E-state index contributed by atoms with van der Waals surface area (Å²) >= 11 is 2.50. The Bertz CT molecular complexity index is 966. The average Bonchev–Trinajstić information content (AvgIpc) is 3.19. The van der Waals surface area contributed by atoms with Crippen molar-refractivity contribution in [1.82, 2.24) is 15.0 Å². The van der Waals surface area contributed by atoms with E-state index in [1.807, 2.05) is 0 Å². The summed E-state index contributed by atoms with van der Waals surface area (Å²) in [6, 6.07) is 0. The van der Waals surface area contributed by atoms with Crippen LogP contribution >= 0.6 is 22.7 Å². The molecule has 0 aliphatic heterocycles. The SMILES string of the molecule is CCOC(=O)c1sc(Nc2ncnc3scc(C(=O)OCC)c23)nc1C. The molecule has 0 atom stereocenters. The first kappa shape index (κ1) is 18.2. The normalized spacial score (nSPS) is 10.7. The predicted molar refractivity (Wildman–Crippen MR) is 99.5 cm³/mol. The minimum absolute atomic E-state index is 0.279. The summed E-state index contributed by atoms with van der Waals surface area (Å²) in [7, 11) is 0. The lowest BCUT2D eigenvalue weighted by molar-refractivity contribution is 0.0520. The largest absolute Gasteiger partial charge is 0.462 e. The average molecular weight is 392 g/mol. The van der Waals surface area contributed by atoms with Gasteiger partial charge in [-0.05, 0) is 20.8 Å².